The second kappa shape index (κ2) is 8.53. The molecule has 7 heteroatoms. The first kappa shape index (κ1) is 18.8. The van der Waals surface area contributed by atoms with Crippen LogP contribution in [0.25, 0.3) is 0 Å². The lowest BCUT2D eigenvalue weighted by atomic mass is 10.2. The van der Waals surface area contributed by atoms with Gasteiger partial charge in [0, 0.05) is 16.2 Å². The van der Waals surface area contributed by atoms with E-state index in [4.69, 9.17) is 14.2 Å². The van der Waals surface area contributed by atoms with Gasteiger partial charge in [0.05, 0.1) is 19.8 Å². The zero-order valence-corrected chi connectivity index (χ0v) is 15.7. The number of nitrogens with one attached hydrogen (secondary N) is 1. The Bertz CT molecular complexity index is 769. The number of carbonyl (C=O) groups is 2. The molecule has 2 rings (SSSR count). The molecule has 0 unspecified atom stereocenters. The average Bonchev–Trinajstić information content (AvgIpc) is 2.61. The number of methoxy groups -OCH3 is 2. The van der Waals surface area contributed by atoms with Crippen LogP contribution in [0.5, 0.6) is 11.5 Å². The van der Waals surface area contributed by atoms with Crippen LogP contribution in [-0.4, -0.2) is 32.7 Å². The van der Waals surface area contributed by atoms with E-state index in [9.17, 15) is 9.59 Å². The largest absolute Gasteiger partial charge is 0.497 e. The zero-order valence-electron chi connectivity index (χ0n) is 14.1. The molecule has 0 bridgehead atoms. The van der Waals surface area contributed by atoms with Gasteiger partial charge in [-0.2, -0.15) is 0 Å². The third-order valence-electron chi connectivity index (χ3n) is 3.38. The molecule has 0 fully saturated rings. The normalized spacial score (nSPS) is 10.1. The van der Waals surface area contributed by atoms with Gasteiger partial charge in [0.25, 0.3) is 5.91 Å². The summed E-state index contributed by atoms with van der Waals surface area (Å²) in [6.45, 7) is 1.47. The quantitative estimate of drug-likeness (QED) is 0.740. The van der Waals surface area contributed by atoms with Crippen LogP contribution in [0.1, 0.15) is 15.9 Å². The molecule has 0 spiro atoms. The maximum atomic E-state index is 12.1. The molecule has 2 aromatic carbocycles. The summed E-state index contributed by atoms with van der Waals surface area (Å²) in [5, 5.41) is 2.70. The molecule has 0 aromatic heterocycles. The maximum Gasteiger partial charge on any atom is 0.338 e. The maximum absolute atomic E-state index is 12.1. The van der Waals surface area contributed by atoms with Crippen molar-refractivity contribution in [3.63, 3.8) is 0 Å². The van der Waals surface area contributed by atoms with Crippen molar-refractivity contribution >= 4 is 33.5 Å². The average molecular weight is 408 g/mol. The number of amides is 1. The molecule has 0 saturated carbocycles. The number of rotatable bonds is 6. The molecule has 25 heavy (non-hydrogen) atoms. The molecule has 0 saturated heterocycles. The van der Waals surface area contributed by atoms with Gasteiger partial charge in [-0.05, 0) is 42.8 Å². The third-order valence-corrected chi connectivity index (χ3v) is 3.88. The fourth-order valence-electron chi connectivity index (χ4n) is 2.09. The molecule has 0 aliphatic rings. The van der Waals surface area contributed by atoms with E-state index in [-0.39, 0.29) is 5.56 Å². The molecule has 6 nitrogen and oxygen atoms in total. The van der Waals surface area contributed by atoms with Crippen LogP contribution < -0.4 is 14.8 Å². The predicted octanol–water partition coefficient (Wildman–Crippen LogP) is 3.57. The standard InChI is InChI=1S/C18H18BrNO5/c1-11-6-13(19)4-5-16(11)20-17(21)10-25-18(22)12-7-14(23-2)9-15(8-12)24-3/h4-9H,10H2,1-3H3,(H,20,21). The number of anilines is 1. The van der Waals surface area contributed by atoms with Gasteiger partial charge < -0.3 is 19.5 Å². The third kappa shape index (κ3) is 5.22. The van der Waals surface area contributed by atoms with Gasteiger partial charge in [-0.15, -0.1) is 0 Å². The molecule has 1 N–H and O–H groups in total. The number of hydrogen-bond donors (Lipinski definition) is 1. The van der Waals surface area contributed by atoms with Crippen molar-refractivity contribution in [1.29, 1.82) is 0 Å². The first-order chi connectivity index (χ1) is 11.9. The lowest BCUT2D eigenvalue weighted by Gasteiger charge is -2.10. The van der Waals surface area contributed by atoms with Crippen LogP contribution >= 0.6 is 15.9 Å². The van der Waals surface area contributed by atoms with Crippen molar-refractivity contribution in [2.45, 2.75) is 6.92 Å². The molecule has 0 heterocycles. The summed E-state index contributed by atoms with van der Waals surface area (Å²) in [6.07, 6.45) is 0. The Morgan fingerprint density at radius 3 is 2.24 bits per heavy atom. The van der Waals surface area contributed by atoms with Crippen LogP contribution in [0.15, 0.2) is 40.9 Å². The highest BCUT2D eigenvalue weighted by Gasteiger charge is 2.14. The van der Waals surface area contributed by atoms with Gasteiger partial charge in [-0.1, -0.05) is 15.9 Å². The summed E-state index contributed by atoms with van der Waals surface area (Å²) < 4.78 is 16.2. The van der Waals surface area contributed by atoms with Crippen LogP contribution in [0.2, 0.25) is 0 Å². The summed E-state index contributed by atoms with van der Waals surface area (Å²) >= 11 is 3.36. The molecular weight excluding hydrogens is 390 g/mol. The second-order valence-corrected chi connectivity index (χ2v) is 6.10. The number of esters is 1. The summed E-state index contributed by atoms with van der Waals surface area (Å²) in [4.78, 5) is 24.1. The van der Waals surface area contributed by atoms with Crippen LogP contribution in [0.3, 0.4) is 0 Å². The van der Waals surface area contributed by atoms with Crippen molar-refractivity contribution in [3.05, 3.63) is 52.0 Å². The Labute approximate surface area is 154 Å². The summed E-state index contributed by atoms with van der Waals surface area (Å²) in [5.41, 5.74) is 1.79. The number of aryl methyl sites for hydroxylation is 1. The van der Waals surface area contributed by atoms with Crippen LogP contribution in [0.4, 0.5) is 5.69 Å². The molecule has 1 amide bonds. The SMILES string of the molecule is COc1cc(OC)cc(C(=O)OCC(=O)Nc2ccc(Br)cc2C)c1. The smallest absolute Gasteiger partial charge is 0.338 e. The minimum atomic E-state index is -0.639. The minimum absolute atomic E-state index is 0.240. The van der Waals surface area contributed by atoms with Crippen molar-refractivity contribution < 1.29 is 23.8 Å². The number of halogens is 1. The molecule has 0 aliphatic carbocycles. The molecule has 132 valence electrons. The van der Waals surface area contributed by atoms with Gasteiger partial charge in [0.2, 0.25) is 0 Å². The number of ether oxygens (including phenoxy) is 3. The van der Waals surface area contributed by atoms with E-state index >= 15 is 0 Å². The highest BCUT2D eigenvalue weighted by atomic mass is 79.9. The van der Waals surface area contributed by atoms with E-state index in [1.807, 2.05) is 19.1 Å². The first-order valence-corrected chi connectivity index (χ1v) is 8.18. The first-order valence-electron chi connectivity index (χ1n) is 7.39. The molecule has 0 aliphatic heterocycles. The Kier molecular flexibility index (Phi) is 6.41. The van der Waals surface area contributed by atoms with E-state index in [1.165, 1.54) is 26.4 Å². The van der Waals surface area contributed by atoms with Crippen LogP contribution in [0, 0.1) is 6.92 Å². The Morgan fingerprint density at radius 1 is 1.04 bits per heavy atom. The van der Waals surface area contributed by atoms with E-state index in [1.54, 1.807) is 12.1 Å². The van der Waals surface area contributed by atoms with E-state index in [2.05, 4.69) is 21.2 Å². The van der Waals surface area contributed by atoms with Gasteiger partial charge in [-0.3, -0.25) is 4.79 Å². The second-order valence-electron chi connectivity index (χ2n) is 5.18. The van der Waals surface area contributed by atoms with Crippen molar-refractivity contribution in [2.24, 2.45) is 0 Å². The van der Waals surface area contributed by atoms with E-state index in [0.717, 1.165) is 10.0 Å². The van der Waals surface area contributed by atoms with Crippen LogP contribution in [-0.2, 0) is 9.53 Å². The molecule has 0 atom stereocenters. The monoisotopic (exact) mass is 407 g/mol. The Morgan fingerprint density at radius 2 is 1.68 bits per heavy atom. The van der Waals surface area contributed by atoms with Gasteiger partial charge in [-0.25, -0.2) is 4.79 Å². The fourth-order valence-corrected chi connectivity index (χ4v) is 2.57. The number of carbonyl (C=O) groups excluding carboxylic acids is 2. The number of benzene rings is 2. The number of hydrogen-bond acceptors (Lipinski definition) is 5. The van der Waals surface area contributed by atoms with Gasteiger partial charge in [0.1, 0.15) is 11.5 Å². The minimum Gasteiger partial charge on any atom is -0.497 e. The van der Waals surface area contributed by atoms with E-state index < -0.39 is 18.5 Å². The lowest BCUT2D eigenvalue weighted by Crippen LogP contribution is -2.21. The van der Waals surface area contributed by atoms with Crippen molar-refractivity contribution in [1.82, 2.24) is 0 Å². The van der Waals surface area contributed by atoms with Crippen molar-refractivity contribution in [2.75, 3.05) is 26.1 Å². The summed E-state index contributed by atoms with van der Waals surface area (Å²) in [7, 11) is 2.97. The summed E-state index contributed by atoms with van der Waals surface area (Å²) in [6, 6.07) is 10.1. The molecule has 0 radical (unpaired) electrons. The van der Waals surface area contributed by atoms with E-state index in [0.29, 0.717) is 17.2 Å². The highest BCUT2D eigenvalue weighted by molar-refractivity contribution is 9.10. The molecular formula is C18H18BrNO5. The van der Waals surface area contributed by atoms with Gasteiger partial charge in [0.15, 0.2) is 6.61 Å². The molecule has 2 aromatic rings. The lowest BCUT2D eigenvalue weighted by molar-refractivity contribution is -0.119. The fraction of sp³-hybridized carbons (Fsp3) is 0.222. The Balaban J connectivity index is 1.98. The van der Waals surface area contributed by atoms with Crippen molar-refractivity contribution in [3.8, 4) is 11.5 Å². The predicted molar refractivity (Wildman–Crippen MR) is 97.3 cm³/mol. The summed E-state index contributed by atoms with van der Waals surface area (Å²) in [5.74, 6) is -0.143. The Hall–Kier alpha value is -2.54. The zero-order chi connectivity index (χ0) is 18.4. The topological polar surface area (TPSA) is 73.9 Å². The van der Waals surface area contributed by atoms with Gasteiger partial charge >= 0.3 is 5.97 Å². The highest BCUT2D eigenvalue weighted by Crippen LogP contribution is 2.23.